The molecule has 0 aliphatic carbocycles. The molecule has 0 amide bonds. The molecule has 0 saturated carbocycles. The summed E-state index contributed by atoms with van der Waals surface area (Å²) in [6.45, 7) is 0.867. The van der Waals surface area contributed by atoms with Crippen LogP contribution in [0, 0.1) is 11.6 Å². The van der Waals surface area contributed by atoms with Gasteiger partial charge in [-0.25, -0.2) is 21.9 Å². The van der Waals surface area contributed by atoms with E-state index in [2.05, 4.69) is 20.2 Å². The molecular formula is C17H16F2N4O3S. The van der Waals surface area contributed by atoms with Gasteiger partial charge in [0.1, 0.15) is 0 Å². The third-order valence-electron chi connectivity index (χ3n) is 4.28. The molecule has 3 N–H and O–H groups in total. The number of benzene rings is 2. The van der Waals surface area contributed by atoms with E-state index in [1.807, 2.05) is 0 Å². The van der Waals surface area contributed by atoms with Crippen molar-refractivity contribution in [3.05, 3.63) is 48.0 Å². The molecule has 2 heterocycles. The van der Waals surface area contributed by atoms with Crippen LogP contribution < -0.4 is 10.0 Å². The maximum atomic E-state index is 13.4. The quantitative estimate of drug-likeness (QED) is 0.618. The van der Waals surface area contributed by atoms with E-state index in [0.717, 1.165) is 12.1 Å². The van der Waals surface area contributed by atoms with Crippen LogP contribution in [0.3, 0.4) is 0 Å². The Bertz CT molecular complexity index is 1090. The fraction of sp³-hybridized carbons (Fsp3) is 0.235. The van der Waals surface area contributed by atoms with Gasteiger partial charge in [-0.15, -0.1) is 0 Å². The van der Waals surface area contributed by atoms with E-state index in [1.165, 1.54) is 18.2 Å². The van der Waals surface area contributed by atoms with Gasteiger partial charge in [0.2, 0.25) is 10.0 Å². The maximum absolute atomic E-state index is 13.4. The van der Waals surface area contributed by atoms with Gasteiger partial charge in [0.25, 0.3) is 0 Å². The third kappa shape index (κ3) is 3.64. The largest absolute Gasteiger partial charge is 0.380 e. The molecule has 10 heteroatoms. The fourth-order valence-corrected chi connectivity index (χ4v) is 4.16. The van der Waals surface area contributed by atoms with Crippen LogP contribution in [0.5, 0.6) is 0 Å². The Hall–Kier alpha value is -2.56. The molecule has 4 rings (SSSR count). The zero-order valence-electron chi connectivity index (χ0n) is 14.0. The van der Waals surface area contributed by atoms with Gasteiger partial charge in [-0.1, -0.05) is 0 Å². The van der Waals surface area contributed by atoms with Gasteiger partial charge in [0, 0.05) is 29.8 Å². The Balaban J connectivity index is 1.65. The highest BCUT2D eigenvalue weighted by Gasteiger charge is 2.24. The summed E-state index contributed by atoms with van der Waals surface area (Å²) in [7, 11) is -3.72. The van der Waals surface area contributed by atoms with Crippen LogP contribution in [0.2, 0.25) is 0 Å². The number of rotatable bonds is 5. The molecule has 0 radical (unpaired) electrons. The van der Waals surface area contributed by atoms with E-state index in [9.17, 15) is 17.2 Å². The highest BCUT2D eigenvalue weighted by molar-refractivity contribution is 7.89. The van der Waals surface area contributed by atoms with Crippen molar-refractivity contribution in [2.75, 3.05) is 18.5 Å². The molecule has 0 spiro atoms. The van der Waals surface area contributed by atoms with Crippen molar-refractivity contribution in [3.63, 3.8) is 0 Å². The van der Waals surface area contributed by atoms with Crippen LogP contribution in [-0.2, 0) is 14.8 Å². The molecular weight excluding hydrogens is 378 g/mol. The van der Waals surface area contributed by atoms with E-state index >= 15 is 0 Å². The minimum Gasteiger partial charge on any atom is -0.380 e. The van der Waals surface area contributed by atoms with Crippen LogP contribution in [0.25, 0.3) is 10.9 Å². The van der Waals surface area contributed by atoms with Gasteiger partial charge >= 0.3 is 0 Å². The molecule has 27 heavy (non-hydrogen) atoms. The molecule has 3 aromatic rings. The summed E-state index contributed by atoms with van der Waals surface area (Å²) >= 11 is 0. The van der Waals surface area contributed by atoms with Gasteiger partial charge in [0.15, 0.2) is 17.5 Å². The van der Waals surface area contributed by atoms with Crippen LogP contribution in [-0.4, -0.2) is 37.9 Å². The lowest BCUT2D eigenvalue weighted by atomic mass is 10.2. The summed E-state index contributed by atoms with van der Waals surface area (Å²) in [6, 6.07) is 7.64. The first kappa shape index (κ1) is 17.8. The van der Waals surface area contributed by atoms with Crippen molar-refractivity contribution in [2.24, 2.45) is 0 Å². The third-order valence-corrected chi connectivity index (χ3v) is 5.80. The lowest BCUT2D eigenvalue weighted by molar-refractivity contribution is 0.192. The first-order valence-corrected chi connectivity index (χ1v) is 9.71. The summed E-state index contributed by atoms with van der Waals surface area (Å²) in [6.07, 6.45) is 0.621. The first-order valence-electron chi connectivity index (χ1n) is 8.23. The Labute approximate surface area is 153 Å². The lowest BCUT2D eigenvalue weighted by Gasteiger charge is -2.11. The zero-order valence-corrected chi connectivity index (χ0v) is 14.8. The Morgan fingerprint density at radius 3 is 2.74 bits per heavy atom. The average Bonchev–Trinajstić information content (AvgIpc) is 3.27. The summed E-state index contributed by atoms with van der Waals surface area (Å²) in [5.74, 6) is -1.65. The number of hydrogen-bond acceptors (Lipinski definition) is 5. The summed E-state index contributed by atoms with van der Waals surface area (Å²) in [5, 5.41) is 10.2. The molecule has 1 atom stereocenters. The van der Waals surface area contributed by atoms with E-state index in [4.69, 9.17) is 4.74 Å². The normalized spacial score (nSPS) is 17.5. The molecule has 1 aromatic heterocycles. The van der Waals surface area contributed by atoms with E-state index in [0.29, 0.717) is 36.4 Å². The van der Waals surface area contributed by atoms with Gasteiger partial charge in [-0.05, 0) is 36.8 Å². The lowest BCUT2D eigenvalue weighted by Crippen LogP contribution is -2.34. The summed E-state index contributed by atoms with van der Waals surface area (Å²) < 4.78 is 59.5. The molecule has 7 nitrogen and oxygen atoms in total. The average molecular weight is 394 g/mol. The SMILES string of the molecule is O=S(=O)(NC1CCOC1)c1ccc2[nH]nc(Nc3ccc(F)c(F)c3)c2c1. The first-order chi connectivity index (χ1) is 12.9. The van der Waals surface area contributed by atoms with Gasteiger partial charge in [0.05, 0.1) is 17.0 Å². The van der Waals surface area contributed by atoms with Crippen molar-refractivity contribution in [1.82, 2.24) is 14.9 Å². The van der Waals surface area contributed by atoms with Crippen LogP contribution in [0.15, 0.2) is 41.3 Å². The van der Waals surface area contributed by atoms with Crippen LogP contribution >= 0.6 is 0 Å². The topological polar surface area (TPSA) is 96.1 Å². The Morgan fingerprint density at radius 2 is 2.00 bits per heavy atom. The second-order valence-electron chi connectivity index (χ2n) is 6.22. The number of halogens is 2. The van der Waals surface area contributed by atoms with Crippen molar-refractivity contribution >= 4 is 32.4 Å². The van der Waals surface area contributed by atoms with E-state index < -0.39 is 21.7 Å². The number of aromatic nitrogens is 2. The second kappa shape index (κ2) is 6.87. The number of hydrogen-bond donors (Lipinski definition) is 3. The Morgan fingerprint density at radius 1 is 1.15 bits per heavy atom. The zero-order chi connectivity index (χ0) is 19.0. The minimum atomic E-state index is -3.72. The maximum Gasteiger partial charge on any atom is 0.240 e. The van der Waals surface area contributed by atoms with Crippen molar-refractivity contribution in [1.29, 1.82) is 0 Å². The monoisotopic (exact) mass is 394 g/mol. The van der Waals surface area contributed by atoms with Crippen molar-refractivity contribution < 1.29 is 21.9 Å². The molecule has 142 valence electrons. The van der Waals surface area contributed by atoms with E-state index in [-0.39, 0.29) is 16.6 Å². The Kier molecular flexibility index (Phi) is 4.54. The predicted octanol–water partition coefficient (Wildman–Crippen LogP) is 2.65. The van der Waals surface area contributed by atoms with Crippen molar-refractivity contribution in [2.45, 2.75) is 17.4 Å². The standard InChI is InChI=1S/C17H16F2N4O3S/c18-14-3-1-10(7-15(14)19)20-17-13-8-12(2-4-16(13)21-22-17)27(24,25)23-11-5-6-26-9-11/h1-4,7-8,11,23H,5-6,9H2,(H2,20,21,22). The molecule has 0 bridgehead atoms. The number of nitrogens with one attached hydrogen (secondary N) is 3. The van der Waals surface area contributed by atoms with Crippen molar-refractivity contribution in [3.8, 4) is 0 Å². The minimum absolute atomic E-state index is 0.0802. The highest BCUT2D eigenvalue weighted by Crippen LogP contribution is 2.27. The number of aromatic amines is 1. The predicted molar refractivity (Wildman–Crippen MR) is 95.3 cm³/mol. The second-order valence-corrected chi connectivity index (χ2v) is 7.93. The van der Waals surface area contributed by atoms with Gasteiger partial charge in [-0.2, -0.15) is 5.10 Å². The number of anilines is 2. The summed E-state index contributed by atoms with van der Waals surface area (Å²) in [4.78, 5) is 0.0802. The highest BCUT2D eigenvalue weighted by atomic mass is 32.2. The number of nitrogens with zero attached hydrogens (tertiary/aromatic N) is 1. The number of H-pyrrole nitrogens is 1. The van der Waals surface area contributed by atoms with E-state index in [1.54, 1.807) is 6.07 Å². The van der Waals surface area contributed by atoms with Gasteiger partial charge < -0.3 is 10.1 Å². The van der Waals surface area contributed by atoms with Gasteiger partial charge in [-0.3, -0.25) is 5.10 Å². The molecule has 1 saturated heterocycles. The molecule has 2 aromatic carbocycles. The molecule has 1 aliphatic rings. The molecule has 1 fully saturated rings. The van der Waals surface area contributed by atoms with Crippen LogP contribution in [0.1, 0.15) is 6.42 Å². The fourth-order valence-electron chi connectivity index (χ4n) is 2.88. The number of fused-ring (bicyclic) bond motifs is 1. The smallest absolute Gasteiger partial charge is 0.240 e. The number of sulfonamides is 1. The molecule has 1 unspecified atom stereocenters. The molecule has 1 aliphatic heterocycles. The van der Waals surface area contributed by atoms with Crippen LogP contribution in [0.4, 0.5) is 20.3 Å². The summed E-state index contributed by atoms with van der Waals surface area (Å²) in [5.41, 5.74) is 0.889. The number of ether oxygens (including phenoxy) is 1.